The van der Waals surface area contributed by atoms with Crippen LogP contribution in [0.15, 0.2) is 29.1 Å². The van der Waals surface area contributed by atoms with Crippen molar-refractivity contribution in [1.29, 1.82) is 0 Å². The fourth-order valence-corrected chi connectivity index (χ4v) is 2.58. The van der Waals surface area contributed by atoms with Gasteiger partial charge in [0.1, 0.15) is 0 Å². The minimum atomic E-state index is -0.849. The standard InChI is InChI=1S/C20H26N4O5/c1-5-6-11-24-17(26)14-10-8-7-9-13(14)16(23-24)18(27)29-12-15(25)21-19(28)22-20(2,3)4/h7-10H,5-6,11-12H2,1-4H3,(H2,21,22,25,28). The number of nitrogens with zero attached hydrogens (tertiary/aromatic N) is 2. The van der Waals surface area contributed by atoms with Gasteiger partial charge in [-0.2, -0.15) is 5.10 Å². The van der Waals surface area contributed by atoms with Gasteiger partial charge in [0, 0.05) is 17.5 Å². The Hall–Kier alpha value is -3.23. The summed E-state index contributed by atoms with van der Waals surface area (Å²) in [5, 5.41) is 9.49. The predicted molar refractivity (Wildman–Crippen MR) is 108 cm³/mol. The van der Waals surface area contributed by atoms with Crippen LogP contribution in [0.2, 0.25) is 0 Å². The number of benzene rings is 1. The van der Waals surface area contributed by atoms with Crippen molar-refractivity contribution in [2.24, 2.45) is 0 Å². The molecule has 0 spiro atoms. The number of fused-ring (bicyclic) bond motifs is 1. The van der Waals surface area contributed by atoms with E-state index < -0.39 is 30.1 Å². The molecule has 1 aromatic carbocycles. The molecular formula is C20H26N4O5. The molecule has 2 rings (SSSR count). The highest BCUT2D eigenvalue weighted by atomic mass is 16.5. The summed E-state index contributed by atoms with van der Waals surface area (Å²) in [6.45, 7) is 6.99. The van der Waals surface area contributed by atoms with Gasteiger partial charge in [-0.1, -0.05) is 31.5 Å². The largest absolute Gasteiger partial charge is 0.451 e. The number of hydrogen-bond acceptors (Lipinski definition) is 6. The number of amides is 3. The van der Waals surface area contributed by atoms with Crippen molar-refractivity contribution in [3.05, 3.63) is 40.3 Å². The summed E-state index contributed by atoms with van der Waals surface area (Å²) in [7, 11) is 0. The molecule has 0 fully saturated rings. The van der Waals surface area contributed by atoms with E-state index in [1.54, 1.807) is 45.0 Å². The average molecular weight is 402 g/mol. The number of imide groups is 1. The molecule has 0 saturated carbocycles. The highest BCUT2D eigenvalue weighted by molar-refractivity contribution is 6.03. The van der Waals surface area contributed by atoms with E-state index >= 15 is 0 Å². The number of urea groups is 1. The fourth-order valence-electron chi connectivity index (χ4n) is 2.58. The molecule has 2 aromatic rings. The molecule has 156 valence electrons. The normalized spacial score (nSPS) is 11.2. The first kappa shape index (κ1) is 22.1. The SMILES string of the molecule is CCCCn1nc(C(=O)OCC(=O)NC(=O)NC(C)(C)C)c2ccccc2c1=O. The summed E-state index contributed by atoms with van der Waals surface area (Å²) in [6.07, 6.45) is 1.59. The number of rotatable bonds is 6. The Kier molecular flexibility index (Phi) is 7.08. The number of unbranched alkanes of at least 4 members (excludes halogenated alkanes) is 1. The Labute approximate surface area is 168 Å². The molecule has 0 aliphatic carbocycles. The zero-order valence-corrected chi connectivity index (χ0v) is 17.1. The lowest BCUT2D eigenvalue weighted by Gasteiger charge is -2.20. The first-order valence-electron chi connectivity index (χ1n) is 9.41. The molecule has 9 nitrogen and oxygen atoms in total. The van der Waals surface area contributed by atoms with Crippen molar-refractivity contribution in [3.8, 4) is 0 Å². The maximum Gasteiger partial charge on any atom is 0.359 e. The van der Waals surface area contributed by atoms with Crippen LogP contribution in [-0.2, 0) is 16.1 Å². The third-order valence-corrected chi connectivity index (χ3v) is 3.86. The van der Waals surface area contributed by atoms with Crippen LogP contribution in [0, 0.1) is 0 Å². The van der Waals surface area contributed by atoms with Gasteiger partial charge in [0.2, 0.25) is 0 Å². The summed E-state index contributed by atoms with van der Waals surface area (Å²) in [5.41, 5.74) is -0.860. The van der Waals surface area contributed by atoms with E-state index in [-0.39, 0.29) is 11.3 Å². The van der Waals surface area contributed by atoms with Crippen LogP contribution >= 0.6 is 0 Å². The molecule has 0 atom stereocenters. The Bertz CT molecular complexity index is 975. The van der Waals surface area contributed by atoms with Crippen LogP contribution in [-0.4, -0.2) is 39.8 Å². The molecule has 1 aromatic heterocycles. The third-order valence-electron chi connectivity index (χ3n) is 3.86. The molecular weight excluding hydrogens is 376 g/mol. The van der Waals surface area contributed by atoms with Crippen LogP contribution in [0.5, 0.6) is 0 Å². The van der Waals surface area contributed by atoms with E-state index in [1.165, 1.54) is 4.68 Å². The van der Waals surface area contributed by atoms with Gasteiger partial charge in [0.05, 0.1) is 5.39 Å². The van der Waals surface area contributed by atoms with Crippen LogP contribution < -0.4 is 16.2 Å². The summed E-state index contributed by atoms with van der Waals surface area (Å²) in [5.74, 6) is -1.62. The Morgan fingerprint density at radius 2 is 1.79 bits per heavy atom. The van der Waals surface area contributed by atoms with Gasteiger partial charge < -0.3 is 10.1 Å². The highest BCUT2D eigenvalue weighted by Gasteiger charge is 2.20. The smallest absolute Gasteiger partial charge is 0.359 e. The summed E-state index contributed by atoms with van der Waals surface area (Å²) in [4.78, 5) is 48.7. The van der Waals surface area contributed by atoms with Crippen molar-refractivity contribution < 1.29 is 19.1 Å². The van der Waals surface area contributed by atoms with E-state index in [0.29, 0.717) is 17.3 Å². The zero-order chi connectivity index (χ0) is 21.6. The first-order valence-corrected chi connectivity index (χ1v) is 9.41. The molecule has 0 unspecified atom stereocenters. The van der Waals surface area contributed by atoms with Gasteiger partial charge in [-0.25, -0.2) is 14.3 Å². The highest BCUT2D eigenvalue weighted by Crippen LogP contribution is 2.14. The lowest BCUT2D eigenvalue weighted by molar-refractivity contribution is -0.123. The fraction of sp³-hybridized carbons (Fsp3) is 0.450. The van der Waals surface area contributed by atoms with Gasteiger partial charge in [0.25, 0.3) is 11.5 Å². The number of aryl methyl sites for hydroxylation is 1. The average Bonchev–Trinajstić information content (AvgIpc) is 2.64. The van der Waals surface area contributed by atoms with Gasteiger partial charge in [-0.3, -0.25) is 14.9 Å². The number of hydrogen-bond donors (Lipinski definition) is 2. The van der Waals surface area contributed by atoms with Crippen molar-refractivity contribution in [3.63, 3.8) is 0 Å². The summed E-state index contributed by atoms with van der Waals surface area (Å²) >= 11 is 0. The van der Waals surface area contributed by atoms with Crippen molar-refractivity contribution in [2.45, 2.75) is 52.6 Å². The molecule has 0 radical (unpaired) electrons. The summed E-state index contributed by atoms with van der Waals surface area (Å²) < 4.78 is 6.25. The number of carbonyl (C=O) groups is 3. The van der Waals surface area contributed by atoms with Crippen molar-refractivity contribution in [1.82, 2.24) is 20.4 Å². The van der Waals surface area contributed by atoms with Gasteiger partial charge >= 0.3 is 12.0 Å². The number of aromatic nitrogens is 2. The number of esters is 1. The van der Waals surface area contributed by atoms with E-state index in [1.807, 2.05) is 6.92 Å². The van der Waals surface area contributed by atoms with Gasteiger partial charge in [0.15, 0.2) is 12.3 Å². The number of carbonyl (C=O) groups excluding carboxylic acids is 3. The van der Waals surface area contributed by atoms with Crippen LogP contribution in [0.3, 0.4) is 0 Å². The number of nitrogens with one attached hydrogen (secondary N) is 2. The lowest BCUT2D eigenvalue weighted by atomic mass is 10.1. The predicted octanol–water partition coefficient (Wildman–Crippen LogP) is 1.98. The van der Waals surface area contributed by atoms with E-state index in [0.717, 1.165) is 12.8 Å². The monoisotopic (exact) mass is 402 g/mol. The lowest BCUT2D eigenvalue weighted by Crippen LogP contribution is -2.49. The molecule has 0 bridgehead atoms. The van der Waals surface area contributed by atoms with Gasteiger partial charge in [-0.05, 0) is 33.3 Å². The molecule has 0 aliphatic heterocycles. The maximum absolute atomic E-state index is 12.6. The van der Waals surface area contributed by atoms with Crippen molar-refractivity contribution >= 4 is 28.7 Å². The molecule has 3 amide bonds. The van der Waals surface area contributed by atoms with Gasteiger partial charge in [-0.15, -0.1) is 0 Å². The Morgan fingerprint density at radius 1 is 1.14 bits per heavy atom. The van der Waals surface area contributed by atoms with E-state index in [4.69, 9.17) is 4.74 Å². The zero-order valence-electron chi connectivity index (χ0n) is 17.1. The second-order valence-electron chi connectivity index (χ2n) is 7.60. The molecule has 0 aliphatic rings. The number of ether oxygens (including phenoxy) is 1. The molecule has 0 saturated heterocycles. The molecule has 29 heavy (non-hydrogen) atoms. The van der Waals surface area contributed by atoms with E-state index in [9.17, 15) is 19.2 Å². The molecule has 1 heterocycles. The van der Waals surface area contributed by atoms with Crippen LogP contribution in [0.25, 0.3) is 10.8 Å². The Morgan fingerprint density at radius 3 is 2.41 bits per heavy atom. The molecule has 9 heteroatoms. The van der Waals surface area contributed by atoms with Crippen molar-refractivity contribution in [2.75, 3.05) is 6.61 Å². The second-order valence-corrected chi connectivity index (χ2v) is 7.60. The Balaban J connectivity index is 2.16. The molecule has 2 N–H and O–H groups in total. The third kappa shape index (κ3) is 6.13. The quantitative estimate of drug-likeness (QED) is 0.713. The second kappa shape index (κ2) is 9.31. The minimum Gasteiger partial charge on any atom is -0.451 e. The van der Waals surface area contributed by atoms with E-state index in [2.05, 4.69) is 15.7 Å². The topological polar surface area (TPSA) is 119 Å². The summed E-state index contributed by atoms with van der Waals surface area (Å²) in [6, 6.07) is 5.91. The van der Waals surface area contributed by atoms with Crippen LogP contribution in [0.4, 0.5) is 4.79 Å². The maximum atomic E-state index is 12.6. The first-order chi connectivity index (χ1) is 13.6. The van der Waals surface area contributed by atoms with Crippen LogP contribution in [0.1, 0.15) is 51.0 Å². The minimum absolute atomic E-state index is 0.0525.